The molecule has 45 valence electrons. The topological polar surface area (TPSA) is 81.7 Å². The van der Waals surface area contributed by atoms with Crippen LogP contribution in [0.5, 0.6) is 0 Å². The van der Waals surface area contributed by atoms with Crippen molar-refractivity contribution >= 4 is 24.0 Å². The number of hydrogen-bond acceptors (Lipinski definition) is 2. The van der Waals surface area contributed by atoms with Crippen LogP contribution >= 0.6 is 24.0 Å². The van der Waals surface area contributed by atoms with Gasteiger partial charge in [-0.15, -0.1) is 24.0 Å². The molecule has 0 spiro atoms. The van der Waals surface area contributed by atoms with Gasteiger partial charge in [0.1, 0.15) is 0 Å². The first-order valence-corrected chi connectivity index (χ1v) is 0.383. The summed E-state index contributed by atoms with van der Waals surface area (Å²) >= 11 is 0. The predicted octanol–water partition coefficient (Wildman–Crippen LogP) is 0.475. The first kappa shape index (κ1) is 40.6. The van der Waals surface area contributed by atoms with Gasteiger partial charge in [0.15, 0.2) is 0 Å². The largest absolute Gasteiger partial charge is 0.463 e. The van der Waals surface area contributed by atoms with Crippen LogP contribution in [0.15, 0.2) is 0 Å². The summed E-state index contributed by atoms with van der Waals surface area (Å²) in [5.41, 5.74) is 0. The van der Waals surface area contributed by atoms with Crippen LogP contribution in [0.4, 0.5) is 0 Å². The molecule has 0 unspecified atom stereocenters. The monoisotopic (exact) mass is 290 g/mol. The molecular formula is HIKrN3NeO. The molecule has 0 aliphatic rings. The van der Waals surface area contributed by atoms with Gasteiger partial charge in [0.05, 0.1) is 0 Å². The van der Waals surface area contributed by atoms with Gasteiger partial charge in [0, 0.05) is 57.8 Å². The maximum atomic E-state index is 8.11. The van der Waals surface area contributed by atoms with Crippen molar-refractivity contribution in [2.45, 2.75) is 0 Å². The molecule has 7 heteroatoms. The first-order chi connectivity index (χ1) is 1.41. The third-order valence-electron chi connectivity index (χ3n) is 0. The zero-order valence-electron chi connectivity index (χ0n) is 2.87. The van der Waals surface area contributed by atoms with E-state index in [0.29, 0.717) is 0 Å². The zero-order valence-corrected chi connectivity index (χ0v) is 6.68. The van der Waals surface area contributed by atoms with Gasteiger partial charge in [0.2, 0.25) is 10.5 Å². The molecule has 0 heterocycles. The smallest absolute Gasteiger partial charge is 0.237 e. The Kier molecular flexibility index (Phi) is 318. The second-order valence-corrected chi connectivity index (χ2v) is 0.0816. The number of halogens is 1. The number of nitrogens with zero attached hydrogens (tertiary/aromatic N) is 3. The van der Waals surface area contributed by atoms with E-state index in [0.717, 1.165) is 0 Å². The Bertz CT molecular complexity index is 36.4. The molecule has 0 aromatic heterocycles. The van der Waals surface area contributed by atoms with Crippen molar-refractivity contribution in [1.29, 1.82) is 5.39 Å². The van der Waals surface area contributed by atoms with E-state index in [1.807, 2.05) is 0 Å². The van der Waals surface area contributed by atoms with Crippen molar-refractivity contribution in [3.63, 3.8) is 0 Å². The van der Waals surface area contributed by atoms with Crippen molar-refractivity contribution in [2.24, 2.45) is 0 Å². The van der Waals surface area contributed by atoms with Gasteiger partial charge >= 0.3 is 0 Å². The fourth-order valence-electron chi connectivity index (χ4n) is 0. The Morgan fingerprint density at radius 2 is 1.43 bits per heavy atom. The second kappa shape index (κ2) is 54.8. The molecule has 0 rings (SSSR count). The Labute approximate surface area is 95.9 Å². The number of diazo groups is 1. The molecule has 0 saturated heterocycles. The van der Waals surface area contributed by atoms with E-state index in [-0.39, 0.29) is 81.8 Å². The van der Waals surface area contributed by atoms with Crippen LogP contribution in [0.3, 0.4) is 0 Å². The molecular weight excluding hydrogens is 289 g/mol. The van der Waals surface area contributed by atoms with Crippen LogP contribution in [0.25, 0.3) is 5.14 Å². The summed E-state index contributed by atoms with van der Waals surface area (Å²) in [4.78, 5) is 0. The van der Waals surface area contributed by atoms with Crippen LogP contribution in [0.1, 0.15) is 0 Å². The molecule has 0 aromatic rings. The molecule has 0 aliphatic carbocycles. The van der Waals surface area contributed by atoms with E-state index in [9.17, 15) is 0 Å². The predicted molar refractivity (Wildman–Crippen MR) is 26.0 cm³/mol. The third kappa shape index (κ3) is 121. The number of hydrogen-bond donors (Lipinski definition) is 0. The minimum atomic E-state index is 0. The molecule has 4 nitrogen and oxygen atoms in total. The average Bonchev–Trinajstić information content (AvgIpc) is 0.918. The first-order valence-electron chi connectivity index (χ1n) is 0.383. The van der Waals surface area contributed by atoms with Crippen LogP contribution in [-0.4, -0.2) is 0 Å². The van der Waals surface area contributed by atoms with Gasteiger partial charge in [-0.3, -0.25) is 0 Å². The van der Waals surface area contributed by atoms with Crippen LogP contribution in [0.2, 0.25) is 0 Å². The second-order valence-electron chi connectivity index (χ2n) is 0.0816. The van der Waals surface area contributed by atoms with Gasteiger partial charge in [-0.05, 0) is 0 Å². The Balaban J connectivity index is -0.00000000333. The molecule has 0 aliphatic heterocycles. The molecule has 0 saturated carbocycles. The summed E-state index contributed by atoms with van der Waals surface area (Å²) in [5, 5.41) is 16.0. The summed E-state index contributed by atoms with van der Waals surface area (Å²) in [5.74, 6) is 0. The standard InChI is InChI=1S/HI.Kr.N2O.N.Ne/c;;1-2-3;;/h1H;;;;. The fourth-order valence-corrected chi connectivity index (χ4v) is 0. The van der Waals surface area contributed by atoms with Crippen molar-refractivity contribution < 1.29 is 51.6 Å². The van der Waals surface area contributed by atoms with E-state index in [1.165, 1.54) is 5.14 Å². The summed E-state index contributed by atoms with van der Waals surface area (Å²) in [6, 6.07) is 0. The quantitative estimate of drug-likeness (QED) is 0.369. The van der Waals surface area contributed by atoms with Gasteiger partial charge < -0.3 is 5.21 Å². The molecule has 0 bridgehead atoms. The summed E-state index contributed by atoms with van der Waals surface area (Å²) < 4.78 is 0. The van der Waals surface area contributed by atoms with Gasteiger partial charge in [0.25, 0.3) is 0 Å². The SMILES string of the molecule is I.N#[N+][O-].[Kr].[N].[Ne]. The minimum absolute atomic E-state index is 0. The maximum Gasteiger partial charge on any atom is 0.237 e. The van der Waals surface area contributed by atoms with Crippen molar-refractivity contribution in [3.05, 3.63) is 10.3 Å². The van der Waals surface area contributed by atoms with Gasteiger partial charge in [-0.1, -0.05) is 0 Å². The van der Waals surface area contributed by atoms with E-state index >= 15 is 0 Å². The average molecular weight is 290 g/mol. The van der Waals surface area contributed by atoms with E-state index < -0.39 is 0 Å². The fraction of sp³-hybridized carbons (Fsp3) is 0. The zero-order chi connectivity index (χ0) is 2.71. The van der Waals surface area contributed by atoms with E-state index in [4.69, 9.17) is 10.6 Å². The molecule has 0 N–H and O–H groups in total. The van der Waals surface area contributed by atoms with Crippen LogP contribution in [-0.2, 0) is 0 Å². The van der Waals surface area contributed by atoms with Crippen LogP contribution in [0, 0.1) is 62.2 Å². The summed E-state index contributed by atoms with van der Waals surface area (Å²) in [6.07, 6.45) is 0. The summed E-state index contributed by atoms with van der Waals surface area (Å²) in [7, 11) is 0. The van der Waals surface area contributed by atoms with Crippen LogP contribution < -0.4 is 6.15 Å². The normalized spacial score (nSPS) is 1.00. The van der Waals surface area contributed by atoms with Gasteiger partial charge in [-0.2, -0.15) is 0 Å². The maximum absolute atomic E-state index is 8.11. The van der Waals surface area contributed by atoms with Crippen molar-refractivity contribution in [2.75, 3.05) is 0 Å². The van der Waals surface area contributed by atoms with E-state index in [1.54, 1.807) is 0 Å². The Hall–Kier alpha value is 1.30. The molecule has 0 aromatic carbocycles. The molecule has 0 fully saturated rings. The number of rotatable bonds is 0. The minimum Gasteiger partial charge on any atom is -0.463 e. The third-order valence-corrected chi connectivity index (χ3v) is 0. The van der Waals surface area contributed by atoms with E-state index in [2.05, 4.69) is 0 Å². The van der Waals surface area contributed by atoms with Gasteiger partial charge in [-0.25, -0.2) is 0 Å². The molecule has 7 heavy (non-hydrogen) atoms. The van der Waals surface area contributed by atoms with Crippen molar-refractivity contribution in [1.82, 2.24) is 6.15 Å². The Morgan fingerprint density at radius 3 is 1.43 bits per heavy atom. The molecule has 0 atom stereocenters. The molecule has 0 amide bonds. The summed E-state index contributed by atoms with van der Waals surface area (Å²) in [6.45, 7) is 0. The molecule has 3 radical (unpaired) electrons. The van der Waals surface area contributed by atoms with Crippen molar-refractivity contribution in [3.8, 4) is 0 Å². The Morgan fingerprint density at radius 1 is 1.43 bits per heavy atom.